The zero-order chi connectivity index (χ0) is 16.1. The van der Waals surface area contributed by atoms with E-state index in [1.807, 2.05) is 0 Å². The minimum Gasteiger partial charge on any atom is -0.490 e. The summed E-state index contributed by atoms with van der Waals surface area (Å²) in [5.41, 5.74) is 0.424. The molecule has 0 spiro atoms. The summed E-state index contributed by atoms with van der Waals surface area (Å²) in [6.07, 6.45) is 1.49. The molecule has 0 amide bonds. The first-order valence-electron chi connectivity index (χ1n) is 6.11. The van der Waals surface area contributed by atoms with Gasteiger partial charge >= 0.3 is 11.7 Å². The molecule has 0 aliphatic heterocycles. The van der Waals surface area contributed by atoms with E-state index in [0.717, 1.165) is 6.07 Å². The third kappa shape index (κ3) is 3.70. The Morgan fingerprint density at radius 2 is 2.14 bits per heavy atom. The van der Waals surface area contributed by atoms with Gasteiger partial charge in [-0.15, -0.1) is 0 Å². The van der Waals surface area contributed by atoms with Crippen molar-refractivity contribution in [3.05, 3.63) is 62.9 Å². The van der Waals surface area contributed by atoms with Crippen molar-refractivity contribution in [3.63, 3.8) is 0 Å². The highest BCUT2D eigenvalue weighted by Gasteiger charge is 2.19. The van der Waals surface area contributed by atoms with E-state index >= 15 is 0 Å². The van der Waals surface area contributed by atoms with Gasteiger partial charge in [0.2, 0.25) is 0 Å². The van der Waals surface area contributed by atoms with Gasteiger partial charge in [-0.05, 0) is 29.8 Å². The first kappa shape index (κ1) is 15.7. The molecule has 0 fully saturated rings. The molecule has 0 unspecified atom stereocenters. The van der Waals surface area contributed by atoms with E-state index in [4.69, 9.17) is 21.1 Å². The number of pyridine rings is 1. The molecule has 22 heavy (non-hydrogen) atoms. The number of halogens is 1. The number of hydrogen-bond acceptors (Lipinski definition) is 6. The molecule has 1 aromatic carbocycles. The fourth-order valence-corrected chi connectivity index (χ4v) is 1.92. The molecule has 0 aliphatic rings. The van der Waals surface area contributed by atoms with Gasteiger partial charge in [0.25, 0.3) is 0 Å². The predicted molar refractivity (Wildman–Crippen MR) is 78.0 cm³/mol. The third-order valence-electron chi connectivity index (χ3n) is 2.77. The van der Waals surface area contributed by atoms with Crippen molar-refractivity contribution in [2.45, 2.75) is 6.61 Å². The molecule has 8 heteroatoms. The number of nitro benzene ring substituents is 1. The molecule has 7 nitrogen and oxygen atoms in total. The molecule has 2 rings (SSSR count). The third-order valence-corrected chi connectivity index (χ3v) is 2.98. The Morgan fingerprint density at radius 1 is 1.36 bits per heavy atom. The van der Waals surface area contributed by atoms with Gasteiger partial charge in [0.15, 0.2) is 5.75 Å². The van der Waals surface area contributed by atoms with Crippen LogP contribution in [-0.2, 0) is 11.3 Å². The Labute approximate surface area is 130 Å². The second-order valence-corrected chi connectivity index (χ2v) is 4.59. The lowest BCUT2D eigenvalue weighted by Gasteiger charge is -2.06. The van der Waals surface area contributed by atoms with Crippen LogP contribution >= 0.6 is 11.6 Å². The van der Waals surface area contributed by atoms with Gasteiger partial charge in [-0.25, -0.2) is 9.78 Å². The largest absolute Gasteiger partial charge is 0.490 e. The highest BCUT2D eigenvalue weighted by atomic mass is 35.5. The molecule has 0 atom stereocenters. The lowest BCUT2D eigenvalue weighted by atomic mass is 10.2. The van der Waals surface area contributed by atoms with E-state index in [1.165, 1.54) is 25.4 Å². The summed E-state index contributed by atoms with van der Waals surface area (Å²) in [5, 5.41) is 11.2. The number of esters is 1. The van der Waals surface area contributed by atoms with Crippen molar-refractivity contribution in [2.75, 3.05) is 7.11 Å². The second kappa shape index (κ2) is 6.86. The van der Waals surface area contributed by atoms with Crippen LogP contribution in [0.25, 0.3) is 0 Å². The van der Waals surface area contributed by atoms with Crippen LogP contribution in [0, 0.1) is 10.1 Å². The standard InChI is InChI=1S/C14H11ClN2O5/c1-21-12-3-2-10(7-11(12)17(19)20)14(18)22-8-9-4-5-16-13(15)6-9/h2-7H,8H2,1H3. The Hall–Kier alpha value is -2.67. The van der Waals surface area contributed by atoms with Crippen molar-refractivity contribution in [2.24, 2.45) is 0 Å². The van der Waals surface area contributed by atoms with Crippen molar-refractivity contribution in [1.29, 1.82) is 0 Å². The summed E-state index contributed by atoms with van der Waals surface area (Å²) in [6, 6.07) is 7.06. The van der Waals surface area contributed by atoms with Crippen LogP contribution in [0.2, 0.25) is 5.15 Å². The average Bonchev–Trinajstić information content (AvgIpc) is 2.52. The Bertz CT molecular complexity index is 720. The SMILES string of the molecule is COc1ccc(C(=O)OCc2ccnc(Cl)c2)cc1[N+](=O)[O-]. The van der Waals surface area contributed by atoms with E-state index in [0.29, 0.717) is 5.56 Å². The van der Waals surface area contributed by atoms with Gasteiger partial charge in [-0.1, -0.05) is 11.6 Å². The molecule has 0 saturated carbocycles. The smallest absolute Gasteiger partial charge is 0.338 e. The molecule has 0 N–H and O–H groups in total. The topological polar surface area (TPSA) is 91.6 Å². The number of rotatable bonds is 5. The van der Waals surface area contributed by atoms with Crippen LogP contribution in [0.1, 0.15) is 15.9 Å². The number of benzene rings is 1. The number of ether oxygens (including phenoxy) is 2. The summed E-state index contributed by atoms with van der Waals surface area (Å²) in [4.78, 5) is 26.1. The number of carbonyl (C=O) groups is 1. The van der Waals surface area contributed by atoms with E-state index in [1.54, 1.807) is 12.1 Å². The van der Waals surface area contributed by atoms with Gasteiger partial charge in [0, 0.05) is 12.3 Å². The molecular formula is C14H11ClN2O5. The number of nitro groups is 1. The van der Waals surface area contributed by atoms with Crippen LogP contribution < -0.4 is 4.74 Å². The van der Waals surface area contributed by atoms with Gasteiger partial charge < -0.3 is 9.47 Å². The maximum absolute atomic E-state index is 11.9. The minimum absolute atomic E-state index is 0.0130. The lowest BCUT2D eigenvalue weighted by Crippen LogP contribution is -2.06. The van der Waals surface area contributed by atoms with Crippen molar-refractivity contribution >= 4 is 23.3 Å². The number of carbonyl (C=O) groups excluding carboxylic acids is 1. The monoisotopic (exact) mass is 322 g/mol. The van der Waals surface area contributed by atoms with E-state index in [-0.39, 0.29) is 28.8 Å². The fourth-order valence-electron chi connectivity index (χ4n) is 1.72. The van der Waals surface area contributed by atoms with Crippen molar-refractivity contribution in [1.82, 2.24) is 4.98 Å². The molecule has 0 radical (unpaired) electrons. The van der Waals surface area contributed by atoms with Crippen molar-refractivity contribution < 1.29 is 19.2 Å². The van der Waals surface area contributed by atoms with Gasteiger partial charge in [-0.3, -0.25) is 10.1 Å². The number of methoxy groups -OCH3 is 1. The Balaban J connectivity index is 2.12. The van der Waals surface area contributed by atoms with E-state index in [2.05, 4.69) is 4.98 Å². The van der Waals surface area contributed by atoms with E-state index in [9.17, 15) is 14.9 Å². The van der Waals surface area contributed by atoms with Crippen LogP contribution in [0.5, 0.6) is 5.75 Å². The van der Waals surface area contributed by atoms with Gasteiger partial charge in [-0.2, -0.15) is 0 Å². The number of nitrogens with zero attached hydrogens (tertiary/aromatic N) is 2. The summed E-state index contributed by atoms with van der Waals surface area (Å²) in [5.74, 6) is -0.610. The van der Waals surface area contributed by atoms with E-state index < -0.39 is 10.9 Å². The quantitative estimate of drug-likeness (QED) is 0.363. The van der Waals surface area contributed by atoms with Gasteiger partial charge in [0.05, 0.1) is 17.6 Å². The van der Waals surface area contributed by atoms with Crippen LogP contribution in [-0.4, -0.2) is 23.0 Å². The Kier molecular flexibility index (Phi) is 4.90. The van der Waals surface area contributed by atoms with Crippen LogP contribution in [0.15, 0.2) is 36.5 Å². The first-order valence-corrected chi connectivity index (χ1v) is 6.49. The van der Waals surface area contributed by atoms with Crippen LogP contribution in [0.3, 0.4) is 0 Å². The number of aromatic nitrogens is 1. The molecule has 0 aliphatic carbocycles. The molecule has 114 valence electrons. The maximum Gasteiger partial charge on any atom is 0.338 e. The highest BCUT2D eigenvalue weighted by molar-refractivity contribution is 6.29. The molecule has 1 heterocycles. The molecular weight excluding hydrogens is 312 g/mol. The normalized spacial score (nSPS) is 10.1. The molecule has 0 saturated heterocycles. The zero-order valence-electron chi connectivity index (χ0n) is 11.5. The van der Waals surface area contributed by atoms with Crippen molar-refractivity contribution in [3.8, 4) is 5.75 Å². The fraction of sp³-hybridized carbons (Fsp3) is 0.143. The maximum atomic E-state index is 11.9. The Morgan fingerprint density at radius 3 is 2.77 bits per heavy atom. The predicted octanol–water partition coefficient (Wildman–Crippen LogP) is 3.01. The summed E-state index contributed by atoms with van der Waals surface area (Å²) >= 11 is 5.73. The summed E-state index contributed by atoms with van der Waals surface area (Å²) in [6.45, 7) is -0.0130. The minimum atomic E-state index is -0.682. The second-order valence-electron chi connectivity index (χ2n) is 4.21. The number of hydrogen-bond donors (Lipinski definition) is 0. The molecule has 1 aromatic heterocycles. The molecule has 2 aromatic rings. The summed E-state index contributed by atoms with van der Waals surface area (Å²) in [7, 11) is 1.31. The van der Waals surface area contributed by atoms with Gasteiger partial charge in [0.1, 0.15) is 11.8 Å². The first-order chi connectivity index (χ1) is 10.5. The summed E-state index contributed by atoms with van der Waals surface area (Å²) < 4.78 is 9.96. The highest BCUT2D eigenvalue weighted by Crippen LogP contribution is 2.27. The average molecular weight is 323 g/mol. The van der Waals surface area contributed by atoms with Crippen LogP contribution in [0.4, 0.5) is 5.69 Å². The zero-order valence-corrected chi connectivity index (χ0v) is 12.2. The molecule has 0 bridgehead atoms. The lowest BCUT2D eigenvalue weighted by molar-refractivity contribution is -0.385.